The van der Waals surface area contributed by atoms with Gasteiger partial charge in [-0.05, 0) is 43.5 Å². The molecule has 1 amide bonds. The van der Waals surface area contributed by atoms with Crippen molar-refractivity contribution >= 4 is 17.5 Å². The molecule has 4 nitrogen and oxygen atoms in total. The lowest BCUT2D eigenvalue weighted by atomic mass is 10.1. The molecule has 1 aromatic rings. The minimum absolute atomic E-state index is 0.113. The van der Waals surface area contributed by atoms with Crippen LogP contribution in [-0.2, 0) is 11.2 Å². The first kappa shape index (κ1) is 14.2. The summed E-state index contributed by atoms with van der Waals surface area (Å²) in [5.41, 5.74) is 0.969. The molecule has 104 valence electrons. The minimum Gasteiger partial charge on any atom is -0.480 e. The van der Waals surface area contributed by atoms with Gasteiger partial charge in [-0.15, -0.1) is 0 Å². The normalized spacial score (nSPS) is 18.6. The van der Waals surface area contributed by atoms with E-state index >= 15 is 0 Å². The molecule has 5 heteroatoms. The van der Waals surface area contributed by atoms with Gasteiger partial charge in [0, 0.05) is 18.0 Å². The summed E-state index contributed by atoms with van der Waals surface area (Å²) in [6.07, 6.45) is 1.19. The summed E-state index contributed by atoms with van der Waals surface area (Å²) in [7, 11) is 0. The van der Waals surface area contributed by atoms with Crippen LogP contribution in [0, 0.1) is 0 Å². The molecule has 0 aromatic heterocycles. The SMILES string of the molecule is CC(O)CCCNC(=O)C1Cc2cc(Cl)ccc2O1. The maximum absolute atomic E-state index is 11.9. The van der Waals surface area contributed by atoms with Crippen LogP contribution in [0.1, 0.15) is 25.3 Å². The topological polar surface area (TPSA) is 58.6 Å². The van der Waals surface area contributed by atoms with Crippen LogP contribution in [0.5, 0.6) is 5.75 Å². The van der Waals surface area contributed by atoms with E-state index in [9.17, 15) is 4.79 Å². The molecule has 0 saturated heterocycles. The van der Waals surface area contributed by atoms with Crippen molar-refractivity contribution < 1.29 is 14.6 Å². The third-order valence-electron chi connectivity index (χ3n) is 3.09. The fourth-order valence-corrected chi connectivity index (χ4v) is 2.28. The van der Waals surface area contributed by atoms with Gasteiger partial charge in [0.05, 0.1) is 6.10 Å². The molecule has 19 heavy (non-hydrogen) atoms. The second kappa shape index (κ2) is 6.26. The largest absolute Gasteiger partial charge is 0.480 e. The molecule has 0 fully saturated rings. The van der Waals surface area contributed by atoms with E-state index in [0.29, 0.717) is 24.4 Å². The van der Waals surface area contributed by atoms with E-state index in [-0.39, 0.29) is 12.0 Å². The van der Waals surface area contributed by atoms with Gasteiger partial charge in [-0.2, -0.15) is 0 Å². The molecule has 2 N–H and O–H groups in total. The monoisotopic (exact) mass is 283 g/mol. The van der Waals surface area contributed by atoms with Crippen molar-refractivity contribution in [2.75, 3.05) is 6.54 Å². The summed E-state index contributed by atoms with van der Waals surface area (Å²) in [5.74, 6) is 0.617. The number of halogens is 1. The fourth-order valence-electron chi connectivity index (χ4n) is 2.09. The number of amides is 1. The van der Waals surface area contributed by atoms with E-state index in [1.54, 1.807) is 19.1 Å². The molecule has 0 saturated carbocycles. The van der Waals surface area contributed by atoms with Crippen molar-refractivity contribution in [2.24, 2.45) is 0 Å². The van der Waals surface area contributed by atoms with Crippen LogP contribution in [0.3, 0.4) is 0 Å². The predicted octanol–water partition coefficient (Wildman–Crippen LogP) is 1.92. The Morgan fingerprint density at radius 1 is 1.63 bits per heavy atom. The number of benzene rings is 1. The van der Waals surface area contributed by atoms with Crippen molar-refractivity contribution in [3.8, 4) is 5.75 Å². The second-order valence-corrected chi connectivity index (χ2v) is 5.28. The molecular formula is C14H18ClNO3. The standard InChI is InChI=1S/C14H18ClNO3/c1-9(17)3-2-6-16-14(18)13-8-10-7-11(15)4-5-12(10)19-13/h4-5,7,9,13,17H,2-3,6,8H2,1H3,(H,16,18). The van der Waals surface area contributed by atoms with Crippen LogP contribution in [0.4, 0.5) is 0 Å². The van der Waals surface area contributed by atoms with Crippen LogP contribution in [0.2, 0.25) is 5.02 Å². The van der Waals surface area contributed by atoms with Gasteiger partial charge in [0.1, 0.15) is 5.75 Å². The van der Waals surface area contributed by atoms with E-state index in [1.807, 2.05) is 6.07 Å². The third-order valence-corrected chi connectivity index (χ3v) is 3.32. The number of fused-ring (bicyclic) bond motifs is 1. The highest BCUT2D eigenvalue weighted by Gasteiger charge is 2.28. The highest BCUT2D eigenvalue weighted by Crippen LogP contribution is 2.31. The molecule has 1 aliphatic heterocycles. The second-order valence-electron chi connectivity index (χ2n) is 4.84. The van der Waals surface area contributed by atoms with Crippen LogP contribution < -0.4 is 10.1 Å². The van der Waals surface area contributed by atoms with Gasteiger partial charge in [-0.25, -0.2) is 0 Å². The Labute approximate surface area is 117 Å². The molecule has 0 aliphatic carbocycles. The van der Waals surface area contributed by atoms with E-state index in [0.717, 1.165) is 17.7 Å². The summed E-state index contributed by atoms with van der Waals surface area (Å²) < 4.78 is 5.58. The minimum atomic E-state index is -0.472. The van der Waals surface area contributed by atoms with Crippen molar-refractivity contribution in [2.45, 2.75) is 38.4 Å². The van der Waals surface area contributed by atoms with E-state index in [2.05, 4.69) is 5.32 Å². The quantitative estimate of drug-likeness (QED) is 0.812. The van der Waals surface area contributed by atoms with E-state index in [1.165, 1.54) is 0 Å². The zero-order chi connectivity index (χ0) is 13.8. The molecule has 0 bridgehead atoms. The van der Waals surface area contributed by atoms with Crippen LogP contribution in [-0.4, -0.2) is 29.8 Å². The molecule has 1 aliphatic rings. The van der Waals surface area contributed by atoms with Gasteiger partial charge < -0.3 is 15.2 Å². The molecule has 2 atom stereocenters. The van der Waals surface area contributed by atoms with Crippen molar-refractivity contribution in [3.05, 3.63) is 28.8 Å². The Hall–Kier alpha value is -1.26. The van der Waals surface area contributed by atoms with Gasteiger partial charge in [-0.1, -0.05) is 11.6 Å². The van der Waals surface area contributed by atoms with Crippen molar-refractivity contribution in [1.82, 2.24) is 5.32 Å². The van der Waals surface area contributed by atoms with E-state index in [4.69, 9.17) is 21.4 Å². The number of ether oxygens (including phenoxy) is 1. The average molecular weight is 284 g/mol. The number of carbonyl (C=O) groups is 1. The molecule has 2 rings (SSSR count). The molecule has 0 radical (unpaired) electrons. The predicted molar refractivity (Wildman–Crippen MR) is 73.5 cm³/mol. The van der Waals surface area contributed by atoms with Gasteiger partial charge >= 0.3 is 0 Å². The van der Waals surface area contributed by atoms with Crippen molar-refractivity contribution in [1.29, 1.82) is 0 Å². The smallest absolute Gasteiger partial charge is 0.261 e. The van der Waals surface area contributed by atoms with Gasteiger partial charge in [-0.3, -0.25) is 4.79 Å². The molecule has 2 unspecified atom stereocenters. The lowest BCUT2D eigenvalue weighted by Crippen LogP contribution is -2.38. The number of hydrogen-bond acceptors (Lipinski definition) is 3. The zero-order valence-electron chi connectivity index (χ0n) is 10.9. The first-order valence-electron chi connectivity index (χ1n) is 6.47. The number of hydrogen-bond donors (Lipinski definition) is 2. The van der Waals surface area contributed by atoms with Crippen LogP contribution in [0.25, 0.3) is 0 Å². The van der Waals surface area contributed by atoms with Gasteiger partial charge in [0.15, 0.2) is 6.10 Å². The maximum atomic E-state index is 11.9. The maximum Gasteiger partial charge on any atom is 0.261 e. The van der Waals surface area contributed by atoms with Gasteiger partial charge in [0.25, 0.3) is 5.91 Å². The number of carbonyl (C=O) groups excluding carboxylic acids is 1. The Bertz CT molecular complexity index is 462. The number of aliphatic hydroxyl groups excluding tert-OH is 1. The molecule has 1 heterocycles. The molecule has 0 spiro atoms. The molecular weight excluding hydrogens is 266 g/mol. The van der Waals surface area contributed by atoms with Gasteiger partial charge in [0.2, 0.25) is 0 Å². The first-order valence-corrected chi connectivity index (χ1v) is 6.85. The van der Waals surface area contributed by atoms with Crippen LogP contribution >= 0.6 is 11.6 Å². The zero-order valence-corrected chi connectivity index (χ0v) is 11.6. The van der Waals surface area contributed by atoms with E-state index < -0.39 is 6.10 Å². The fraction of sp³-hybridized carbons (Fsp3) is 0.500. The number of aliphatic hydroxyl groups is 1. The number of nitrogens with one attached hydrogen (secondary N) is 1. The summed E-state index contributed by atoms with van der Waals surface area (Å²) in [4.78, 5) is 11.9. The average Bonchev–Trinajstić information content (AvgIpc) is 2.77. The van der Waals surface area contributed by atoms with Crippen molar-refractivity contribution in [3.63, 3.8) is 0 Å². The Kier molecular flexibility index (Phi) is 4.66. The lowest BCUT2D eigenvalue weighted by Gasteiger charge is -2.11. The Balaban J connectivity index is 1.80. The lowest BCUT2D eigenvalue weighted by molar-refractivity contribution is -0.127. The third kappa shape index (κ3) is 3.85. The summed E-state index contributed by atoms with van der Waals surface area (Å²) in [5, 5.41) is 12.6. The van der Waals surface area contributed by atoms with Crippen LogP contribution in [0.15, 0.2) is 18.2 Å². The first-order chi connectivity index (χ1) is 9.06. The highest BCUT2D eigenvalue weighted by atomic mass is 35.5. The molecule has 1 aromatic carbocycles. The summed E-state index contributed by atoms with van der Waals surface area (Å²) in [6, 6.07) is 5.37. The highest BCUT2D eigenvalue weighted by molar-refractivity contribution is 6.30. The Morgan fingerprint density at radius 3 is 3.16 bits per heavy atom. The Morgan fingerprint density at radius 2 is 2.42 bits per heavy atom. The summed E-state index contributed by atoms with van der Waals surface area (Å²) >= 11 is 5.90. The summed E-state index contributed by atoms with van der Waals surface area (Å²) in [6.45, 7) is 2.29. The number of rotatable bonds is 5.